The minimum atomic E-state index is -0.337. The van der Waals surface area contributed by atoms with Crippen molar-refractivity contribution in [3.05, 3.63) is 0 Å². The molecule has 0 radical (unpaired) electrons. The summed E-state index contributed by atoms with van der Waals surface area (Å²) in [6.45, 7) is 4.10. The minimum absolute atomic E-state index is 0.337. The van der Waals surface area contributed by atoms with Crippen LogP contribution in [0.5, 0.6) is 0 Å². The summed E-state index contributed by atoms with van der Waals surface area (Å²) in [6, 6.07) is 0. The molecule has 0 aromatic rings. The van der Waals surface area contributed by atoms with Crippen molar-refractivity contribution >= 4 is 12.0 Å². The molecule has 2 nitrogen and oxygen atoms in total. The van der Waals surface area contributed by atoms with Crippen LogP contribution in [-0.2, 0) is 4.79 Å². The van der Waals surface area contributed by atoms with Gasteiger partial charge in [0.2, 0.25) is 0 Å². The zero-order valence-electron chi connectivity index (χ0n) is 6.55. The molecule has 1 heterocycles. The van der Waals surface area contributed by atoms with E-state index in [1.54, 1.807) is 0 Å². The Bertz CT molecular complexity index is 174. The number of hydrogen-bond acceptors (Lipinski definition) is 2. The molecule has 0 saturated heterocycles. The number of aldehydes is 1. The van der Waals surface area contributed by atoms with Crippen LogP contribution in [0, 0.1) is 0 Å². The van der Waals surface area contributed by atoms with Crippen molar-refractivity contribution in [2.75, 3.05) is 0 Å². The average molecular weight is 139 g/mol. The Kier molecular flexibility index (Phi) is 1.88. The van der Waals surface area contributed by atoms with Crippen LogP contribution in [0.3, 0.4) is 0 Å². The Hall–Kier alpha value is -0.660. The van der Waals surface area contributed by atoms with Crippen LogP contribution in [0.4, 0.5) is 0 Å². The van der Waals surface area contributed by atoms with E-state index in [9.17, 15) is 4.79 Å². The van der Waals surface area contributed by atoms with Gasteiger partial charge in [-0.25, -0.2) is 0 Å². The Morgan fingerprint density at radius 2 is 2.30 bits per heavy atom. The zero-order valence-corrected chi connectivity index (χ0v) is 6.55. The normalized spacial score (nSPS) is 29.6. The van der Waals surface area contributed by atoms with Crippen LogP contribution in [-0.4, -0.2) is 17.5 Å². The van der Waals surface area contributed by atoms with Crippen molar-refractivity contribution in [3.63, 3.8) is 0 Å². The minimum Gasteiger partial charge on any atom is -0.300 e. The van der Waals surface area contributed by atoms with Gasteiger partial charge < -0.3 is 4.79 Å². The molecule has 0 amide bonds. The van der Waals surface area contributed by atoms with Crippen molar-refractivity contribution in [3.8, 4) is 0 Å². The van der Waals surface area contributed by atoms with E-state index in [1.807, 2.05) is 6.92 Å². The molecule has 1 aliphatic heterocycles. The summed E-state index contributed by atoms with van der Waals surface area (Å²) in [4.78, 5) is 14.7. The molecule has 0 bridgehead atoms. The lowest BCUT2D eigenvalue weighted by atomic mass is 10.00. The second kappa shape index (κ2) is 2.52. The smallest absolute Gasteiger partial charge is 0.153 e. The molecule has 0 spiro atoms. The van der Waals surface area contributed by atoms with Gasteiger partial charge in [0.05, 0.1) is 0 Å². The molecule has 1 rings (SSSR count). The van der Waals surface area contributed by atoms with E-state index < -0.39 is 0 Å². The van der Waals surface area contributed by atoms with Gasteiger partial charge in [-0.2, -0.15) is 0 Å². The van der Waals surface area contributed by atoms with E-state index in [2.05, 4.69) is 11.9 Å². The van der Waals surface area contributed by atoms with Gasteiger partial charge in [-0.1, -0.05) is 20.3 Å². The van der Waals surface area contributed by atoms with Crippen molar-refractivity contribution in [1.82, 2.24) is 0 Å². The SMILES string of the molecule is CCCC1=NC1(C=O)CC. The molecule has 0 aromatic carbocycles. The van der Waals surface area contributed by atoms with Crippen LogP contribution >= 0.6 is 0 Å². The number of rotatable bonds is 4. The van der Waals surface area contributed by atoms with Crippen molar-refractivity contribution in [2.45, 2.75) is 38.6 Å². The molecule has 0 N–H and O–H groups in total. The lowest BCUT2D eigenvalue weighted by Gasteiger charge is -2.00. The Labute approximate surface area is 61.3 Å². The third-order valence-electron chi connectivity index (χ3n) is 2.00. The van der Waals surface area contributed by atoms with E-state index in [4.69, 9.17) is 0 Å². The molecule has 1 unspecified atom stereocenters. The fraction of sp³-hybridized carbons (Fsp3) is 0.750. The fourth-order valence-corrected chi connectivity index (χ4v) is 1.18. The standard InChI is InChI=1S/C8H13NO/c1-3-5-7-8(4-2,6-10)9-7/h6H,3-5H2,1-2H3. The maximum atomic E-state index is 10.5. The topological polar surface area (TPSA) is 29.4 Å². The van der Waals surface area contributed by atoms with Gasteiger partial charge in [-0.05, 0) is 12.8 Å². The second-order valence-electron chi connectivity index (χ2n) is 2.70. The Morgan fingerprint density at radius 3 is 2.60 bits per heavy atom. The van der Waals surface area contributed by atoms with Crippen LogP contribution in [0.25, 0.3) is 0 Å². The summed E-state index contributed by atoms with van der Waals surface area (Å²) in [5, 5.41) is 0. The molecule has 2 heteroatoms. The van der Waals surface area contributed by atoms with Crippen LogP contribution in [0.1, 0.15) is 33.1 Å². The highest BCUT2D eigenvalue weighted by Crippen LogP contribution is 2.31. The first-order valence-electron chi connectivity index (χ1n) is 3.84. The van der Waals surface area contributed by atoms with E-state index in [0.717, 1.165) is 31.3 Å². The second-order valence-corrected chi connectivity index (χ2v) is 2.70. The van der Waals surface area contributed by atoms with Crippen LogP contribution in [0.15, 0.2) is 4.99 Å². The first-order chi connectivity index (χ1) is 4.79. The maximum absolute atomic E-state index is 10.5. The van der Waals surface area contributed by atoms with Gasteiger partial charge in [0.15, 0.2) is 11.8 Å². The highest BCUT2D eigenvalue weighted by atomic mass is 16.1. The van der Waals surface area contributed by atoms with Crippen LogP contribution in [0.2, 0.25) is 0 Å². The third kappa shape index (κ3) is 0.981. The molecular weight excluding hydrogens is 126 g/mol. The lowest BCUT2D eigenvalue weighted by Crippen LogP contribution is -2.18. The average Bonchev–Trinajstić information content (AvgIpc) is 2.65. The Morgan fingerprint density at radius 1 is 1.60 bits per heavy atom. The van der Waals surface area contributed by atoms with E-state index in [1.165, 1.54) is 0 Å². The molecule has 56 valence electrons. The predicted molar refractivity (Wildman–Crippen MR) is 41.4 cm³/mol. The molecule has 1 aliphatic rings. The summed E-state index contributed by atoms with van der Waals surface area (Å²) in [5.74, 6) is 0. The summed E-state index contributed by atoms with van der Waals surface area (Å²) < 4.78 is 0. The molecule has 0 saturated carbocycles. The van der Waals surface area contributed by atoms with E-state index in [-0.39, 0.29) is 5.54 Å². The van der Waals surface area contributed by atoms with Gasteiger partial charge in [0.1, 0.15) is 0 Å². The predicted octanol–water partition coefficient (Wildman–Crippen LogP) is 1.59. The third-order valence-corrected chi connectivity index (χ3v) is 2.00. The van der Waals surface area contributed by atoms with E-state index >= 15 is 0 Å². The van der Waals surface area contributed by atoms with Crippen molar-refractivity contribution < 1.29 is 4.79 Å². The summed E-state index contributed by atoms with van der Waals surface area (Å²) in [6.07, 6.45) is 3.89. The highest BCUT2D eigenvalue weighted by molar-refractivity contribution is 6.17. The number of nitrogens with zero attached hydrogens (tertiary/aromatic N) is 1. The lowest BCUT2D eigenvalue weighted by molar-refractivity contribution is -0.109. The highest BCUT2D eigenvalue weighted by Gasteiger charge is 2.43. The van der Waals surface area contributed by atoms with Crippen molar-refractivity contribution in [1.29, 1.82) is 0 Å². The van der Waals surface area contributed by atoms with Gasteiger partial charge in [0, 0.05) is 5.71 Å². The molecule has 1 atom stereocenters. The molecular formula is C8H13NO. The summed E-state index contributed by atoms with van der Waals surface area (Å²) in [5.41, 5.74) is 0.767. The van der Waals surface area contributed by atoms with Gasteiger partial charge in [0.25, 0.3) is 0 Å². The molecule has 10 heavy (non-hydrogen) atoms. The first kappa shape index (κ1) is 7.45. The quantitative estimate of drug-likeness (QED) is 0.544. The van der Waals surface area contributed by atoms with Gasteiger partial charge >= 0.3 is 0 Å². The zero-order chi connectivity index (χ0) is 7.61. The monoisotopic (exact) mass is 139 g/mol. The first-order valence-corrected chi connectivity index (χ1v) is 3.84. The van der Waals surface area contributed by atoms with Gasteiger partial charge in [-0.3, -0.25) is 4.99 Å². The van der Waals surface area contributed by atoms with Crippen molar-refractivity contribution in [2.24, 2.45) is 4.99 Å². The number of hydrogen-bond donors (Lipinski definition) is 0. The number of aliphatic imine (C=N–C) groups is 1. The number of carbonyl (C=O) groups excluding carboxylic acids is 1. The number of carbonyl (C=O) groups is 1. The molecule has 0 aliphatic carbocycles. The Balaban J connectivity index is 2.42. The van der Waals surface area contributed by atoms with Crippen LogP contribution < -0.4 is 0 Å². The van der Waals surface area contributed by atoms with Gasteiger partial charge in [-0.15, -0.1) is 0 Å². The summed E-state index contributed by atoms with van der Waals surface area (Å²) >= 11 is 0. The molecule has 0 aromatic heterocycles. The maximum Gasteiger partial charge on any atom is 0.153 e. The summed E-state index contributed by atoms with van der Waals surface area (Å²) in [7, 11) is 0. The largest absolute Gasteiger partial charge is 0.300 e. The molecule has 0 fully saturated rings. The van der Waals surface area contributed by atoms with E-state index in [0.29, 0.717) is 0 Å². The fourth-order valence-electron chi connectivity index (χ4n) is 1.18.